The Hall–Kier alpha value is -1.77. The molecular weight excluding hydrogens is 298 g/mol. The first-order valence-electron chi connectivity index (χ1n) is 6.08. The van der Waals surface area contributed by atoms with Crippen LogP contribution < -0.4 is 5.73 Å². The molecule has 1 aromatic rings. The Balaban J connectivity index is 0.000000400. The van der Waals surface area contributed by atoms with Crippen LogP contribution in [-0.4, -0.2) is 49.9 Å². The third-order valence-corrected chi connectivity index (χ3v) is 3.52. The van der Waals surface area contributed by atoms with Crippen LogP contribution in [0.25, 0.3) is 0 Å². The highest BCUT2D eigenvalue weighted by atomic mass is 32.2. The molecule has 1 aromatic carbocycles. The Morgan fingerprint density at radius 3 is 2.14 bits per heavy atom. The number of hydrogen-bond donors (Lipinski definition) is 4. The van der Waals surface area contributed by atoms with Gasteiger partial charge in [0.05, 0.1) is 6.42 Å². The normalized spacial score (nSPS) is 12.7. The van der Waals surface area contributed by atoms with E-state index in [9.17, 15) is 13.8 Å². The second-order valence-corrected chi connectivity index (χ2v) is 5.59. The molecule has 21 heavy (non-hydrogen) atoms. The number of carbonyl (C=O) groups is 2. The number of carboxylic acids is 2. The summed E-state index contributed by atoms with van der Waals surface area (Å²) in [5.74, 6) is -1.63. The number of benzene rings is 1. The zero-order chi connectivity index (χ0) is 16.3. The quantitative estimate of drug-likeness (QED) is 0.546. The van der Waals surface area contributed by atoms with E-state index in [-0.39, 0.29) is 0 Å². The predicted molar refractivity (Wildman–Crippen MR) is 78.1 cm³/mol. The highest BCUT2D eigenvalue weighted by Gasteiger charge is 2.16. The lowest BCUT2D eigenvalue weighted by molar-refractivity contribution is -0.152. The summed E-state index contributed by atoms with van der Waals surface area (Å²) in [6, 6.07) is 9.82. The first kappa shape index (κ1) is 19.2. The Morgan fingerprint density at radius 1 is 1.19 bits per heavy atom. The zero-order valence-corrected chi connectivity index (χ0v) is 12.2. The molecule has 118 valence electrons. The number of nitrogens with two attached hydrogens (primary N) is 1. The van der Waals surface area contributed by atoms with Crippen molar-refractivity contribution in [2.45, 2.75) is 18.3 Å². The molecule has 0 aliphatic rings. The monoisotopic (exact) mass is 317 g/mol. The molecule has 0 amide bonds. The summed E-state index contributed by atoms with van der Waals surface area (Å²) < 4.78 is 11.2. The Kier molecular flexibility index (Phi) is 10.0. The van der Waals surface area contributed by atoms with Gasteiger partial charge in [0.1, 0.15) is 0 Å². The number of aliphatic hydroxyl groups is 1. The molecule has 0 aliphatic heterocycles. The molecule has 1 rings (SSSR count). The molecule has 0 spiro atoms. The summed E-state index contributed by atoms with van der Waals surface area (Å²) >= 11 is 0. The fourth-order valence-corrected chi connectivity index (χ4v) is 2.19. The maximum Gasteiger partial charge on any atom is 0.333 e. The maximum absolute atomic E-state index is 11.2. The van der Waals surface area contributed by atoms with Gasteiger partial charge in [0.2, 0.25) is 0 Å². The van der Waals surface area contributed by atoms with Gasteiger partial charge in [-0.25, -0.2) is 4.79 Å². The minimum absolute atomic E-state index is 0.499. The van der Waals surface area contributed by atoms with E-state index in [1.54, 1.807) is 0 Å². The largest absolute Gasteiger partial charge is 0.481 e. The Morgan fingerprint density at radius 2 is 1.76 bits per heavy atom. The van der Waals surface area contributed by atoms with Crippen LogP contribution in [0.15, 0.2) is 30.3 Å². The van der Waals surface area contributed by atoms with Crippen molar-refractivity contribution >= 4 is 22.7 Å². The van der Waals surface area contributed by atoms with E-state index in [0.29, 0.717) is 18.1 Å². The van der Waals surface area contributed by atoms with Gasteiger partial charge in [-0.3, -0.25) is 9.00 Å². The Bertz CT molecular complexity index is 465. The average molecular weight is 317 g/mol. The molecule has 0 saturated carbocycles. The van der Waals surface area contributed by atoms with Crippen molar-refractivity contribution in [2.75, 3.05) is 12.3 Å². The predicted octanol–water partition coefficient (Wildman–Crippen LogP) is -0.199. The summed E-state index contributed by atoms with van der Waals surface area (Å²) in [5, 5.41) is 24.1. The minimum Gasteiger partial charge on any atom is -0.481 e. The lowest BCUT2D eigenvalue weighted by Gasteiger charge is -1.99. The van der Waals surface area contributed by atoms with Crippen molar-refractivity contribution in [3.8, 4) is 0 Å². The smallest absolute Gasteiger partial charge is 0.333 e. The van der Waals surface area contributed by atoms with Gasteiger partial charge >= 0.3 is 11.9 Å². The summed E-state index contributed by atoms with van der Waals surface area (Å²) in [4.78, 5) is 19.4. The van der Waals surface area contributed by atoms with Crippen molar-refractivity contribution in [3.63, 3.8) is 0 Å². The number of aliphatic hydroxyl groups excluding tert-OH is 1. The van der Waals surface area contributed by atoms with Crippen LogP contribution in [0.1, 0.15) is 12.0 Å². The second kappa shape index (κ2) is 11.0. The fourth-order valence-electron chi connectivity index (χ4n) is 1.22. The van der Waals surface area contributed by atoms with E-state index < -0.39 is 35.3 Å². The van der Waals surface area contributed by atoms with E-state index in [1.165, 1.54) is 0 Å². The number of rotatable bonds is 7. The molecule has 7 nitrogen and oxygen atoms in total. The Labute approximate surface area is 124 Å². The minimum atomic E-state index is -1.79. The van der Waals surface area contributed by atoms with Crippen molar-refractivity contribution in [1.29, 1.82) is 0 Å². The molecule has 0 aromatic heterocycles. The van der Waals surface area contributed by atoms with E-state index >= 15 is 0 Å². The molecule has 2 unspecified atom stereocenters. The standard InChI is InChI=1S/C9H13NOS.C4H6O5/c10-6-7-12(11)8-9-4-2-1-3-5-9;5-2(4(8)9)1-3(6)7/h1-5H,6-8,10H2;2,5H,1H2,(H,6,7)(H,8,9). The zero-order valence-electron chi connectivity index (χ0n) is 11.3. The lowest BCUT2D eigenvalue weighted by Crippen LogP contribution is -2.22. The van der Waals surface area contributed by atoms with Gasteiger partial charge in [-0.1, -0.05) is 30.3 Å². The van der Waals surface area contributed by atoms with Gasteiger partial charge in [0.15, 0.2) is 6.10 Å². The van der Waals surface area contributed by atoms with Crippen LogP contribution >= 0.6 is 0 Å². The van der Waals surface area contributed by atoms with Gasteiger partial charge in [-0.05, 0) is 5.56 Å². The summed E-state index contributed by atoms with van der Waals surface area (Å²) in [5.41, 5.74) is 6.41. The maximum atomic E-state index is 11.2. The summed E-state index contributed by atoms with van der Waals surface area (Å²) in [6.45, 7) is 0.499. The van der Waals surface area contributed by atoms with Gasteiger partial charge in [0, 0.05) is 28.9 Å². The van der Waals surface area contributed by atoms with Crippen molar-refractivity contribution < 1.29 is 29.1 Å². The van der Waals surface area contributed by atoms with Crippen LogP contribution in [0.5, 0.6) is 0 Å². The molecule has 8 heteroatoms. The highest BCUT2D eigenvalue weighted by molar-refractivity contribution is 7.84. The van der Waals surface area contributed by atoms with Gasteiger partial charge in [0.25, 0.3) is 0 Å². The number of carboxylic acid groups (broad SMARTS) is 2. The molecule has 0 radical (unpaired) electrons. The van der Waals surface area contributed by atoms with Crippen molar-refractivity contribution in [2.24, 2.45) is 5.73 Å². The van der Waals surface area contributed by atoms with E-state index in [0.717, 1.165) is 5.56 Å². The number of aliphatic carboxylic acids is 2. The van der Waals surface area contributed by atoms with Crippen LogP contribution in [0.2, 0.25) is 0 Å². The molecule has 0 bridgehead atoms. The summed E-state index contributed by atoms with van der Waals surface area (Å²) in [6.07, 6.45) is -2.54. The van der Waals surface area contributed by atoms with Crippen molar-refractivity contribution in [3.05, 3.63) is 35.9 Å². The van der Waals surface area contributed by atoms with E-state index in [4.69, 9.17) is 21.1 Å². The lowest BCUT2D eigenvalue weighted by atomic mass is 10.2. The molecule has 5 N–H and O–H groups in total. The van der Waals surface area contributed by atoms with Crippen LogP contribution in [-0.2, 0) is 26.1 Å². The van der Waals surface area contributed by atoms with Crippen LogP contribution in [0.3, 0.4) is 0 Å². The molecule has 0 fully saturated rings. The highest BCUT2D eigenvalue weighted by Crippen LogP contribution is 2.02. The van der Waals surface area contributed by atoms with Gasteiger partial charge < -0.3 is 21.1 Å². The fraction of sp³-hybridized carbons (Fsp3) is 0.385. The third kappa shape index (κ3) is 10.7. The average Bonchev–Trinajstić information content (AvgIpc) is 2.40. The molecular formula is C13H19NO6S. The van der Waals surface area contributed by atoms with Crippen LogP contribution in [0.4, 0.5) is 0 Å². The molecule has 0 saturated heterocycles. The topological polar surface area (TPSA) is 138 Å². The molecule has 0 heterocycles. The van der Waals surface area contributed by atoms with E-state index in [2.05, 4.69) is 0 Å². The van der Waals surface area contributed by atoms with Crippen molar-refractivity contribution in [1.82, 2.24) is 0 Å². The third-order valence-electron chi connectivity index (χ3n) is 2.17. The van der Waals surface area contributed by atoms with E-state index in [1.807, 2.05) is 30.3 Å². The van der Waals surface area contributed by atoms with Gasteiger partial charge in [-0.15, -0.1) is 0 Å². The van der Waals surface area contributed by atoms with Crippen LogP contribution in [0, 0.1) is 0 Å². The first-order valence-corrected chi connectivity index (χ1v) is 7.57. The SMILES string of the molecule is NCCS(=O)Cc1ccccc1.O=C(O)CC(O)C(=O)O. The molecule has 0 aliphatic carbocycles. The first-order chi connectivity index (χ1) is 9.86. The van der Waals surface area contributed by atoms with Gasteiger partial charge in [-0.2, -0.15) is 0 Å². The molecule has 2 atom stereocenters. The summed E-state index contributed by atoms with van der Waals surface area (Å²) in [7, 11) is -0.796. The second-order valence-electron chi connectivity index (χ2n) is 4.01. The number of hydrogen-bond acceptors (Lipinski definition) is 5.